The van der Waals surface area contributed by atoms with Crippen molar-refractivity contribution in [2.45, 2.75) is 24.0 Å². The van der Waals surface area contributed by atoms with Crippen molar-refractivity contribution in [2.24, 2.45) is 0 Å². The highest BCUT2D eigenvalue weighted by Crippen LogP contribution is 2.32. The topological polar surface area (TPSA) is 63.2 Å². The summed E-state index contributed by atoms with van der Waals surface area (Å²) in [6, 6.07) is 14.4. The van der Waals surface area contributed by atoms with Crippen LogP contribution in [-0.2, 0) is 9.84 Å². The zero-order valence-electron chi connectivity index (χ0n) is 15.5. The van der Waals surface area contributed by atoms with Crippen molar-refractivity contribution in [1.82, 2.24) is 5.32 Å². The van der Waals surface area contributed by atoms with Crippen LogP contribution in [0.5, 0.6) is 0 Å². The van der Waals surface area contributed by atoms with Gasteiger partial charge >= 0.3 is 0 Å². The van der Waals surface area contributed by atoms with Gasteiger partial charge in [0.25, 0.3) is 5.91 Å². The Kier molecular flexibility index (Phi) is 5.96. The van der Waals surface area contributed by atoms with Crippen LogP contribution in [0.1, 0.15) is 31.6 Å². The molecule has 0 saturated carbocycles. The molecule has 0 radical (unpaired) electrons. The molecule has 1 atom stereocenters. The van der Waals surface area contributed by atoms with Gasteiger partial charge in [-0.15, -0.1) is 11.3 Å². The molecule has 28 heavy (non-hydrogen) atoms. The summed E-state index contributed by atoms with van der Waals surface area (Å²) in [6.07, 6.45) is 0. The van der Waals surface area contributed by atoms with Crippen LogP contribution in [0, 0.1) is 19.7 Å². The van der Waals surface area contributed by atoms with Gasteiger partial charge in [0.05, 0.1) is 4.90 Å². The lowest BCUT2D eigenvalue weighted by molar-refractivity contribution is 0.0953. The Bertz CT molecular complexity index is 1090. The van der Waals surface area contributed by atoms with Crippen molar-refractivity contribution in [3.63, 3.8) is 0 Å². The average molecular weight is 418 g/mol. The fraction of sp³-hybridized carbons (Fsp3) is 0.190. The molecule has 3 aromatic rings. The molecule has 7 heteroatoms. The van der Waals surface area contributed by atoms with E-state index in [1.165, 1.54) is 30.4 Å². The third kappa shape index (κ3) is 4.15. The average Bonchev–Trinajstić information content (AvgIpc) is 3.18. The second kappa shape index (κ2) is 8.24. The molecule has 1 aromatic heterocycles. The number of nitrogens with one attached hydrogen (secondary N) is 1. The number of benzene rings is 2. The highest BCUT2D eigenvalue weighted by Gasteiger charge is 2.31. The van der Waals surface area contributed by atoms with E-state index in [1.807, 2.05) is 19.1 Å². The molecule has 3 rings (SSSR count). The Labute approximate surface area is 168 Å². The third-order valence-electron chi connectivity index (χ3n) is 4.53. The molecule has 0 aliphatic rings. The SMILES string of the molecule is Cc1cc(S(=O)(=O)C(CNC(=O)c2ccccc2C)c2cccs2)ccc1F. The molecule has 0 bridgehead atoms. The smallest absolute Gasteiger partial charge is 0.251 e. The summed E-state index contributed by atoms with van der Waals surface area (Å²) in [5, 5.41) is 3.58. The summed E-state index contributed by atoms with van der Waals surface area (Å²) in [4.78, 5) is 13.2. The van der Waals surface area contributed by atoms with Crippen molar-refractivity contribution in [2.75, 3.05) is 6.54 Å². The van der Waals surface area contributed by atoms with E-state index in [9.17, 15) is 17.6 Å². The number of halogens is 1. The lowest BCUT2D eigenvalue weighted by atomic mass is 10.1. The lowest BCUT2D eigenvalue weighted by Crippen LogP contribution is -2.32. The molecule has 1 N–H and O–H groups in total. The Morgan fingerprint density at radius 3 is 2.46 bits per heavy atom. The number of rotatable bonds is 6. The van der Waals surface area contributed by atoms with E-state index in [2.05, 4.69) is 5.32 Å². The van der Waals surface area contributed by atoms with Gasteiger partial charge in [-0.2, -0.15) is 0 Å². The zero-order chi connectivity index (χ0) is 20.3. The summed E-state index contributed by atoms with van der Waals surface area (Å²) < 4.78 is 40.1. The van der Waals surface area contributed by atoms with Crippen LogP contribution in [0.4, 0.5) is 4.39 Å². The van der Waals surface area contributed by atoms with Gasteiger partial charge < -0.3 is 5.32 Å². The first-order chi connectivity index (χ1) is 13.3. The van der Waals surface area contributed by atoms with Crippen molar-refractivity contribution in [3.8, 4) is 0 Å². The van der Waals surface area contributed by atoms with Gasteiger partial charge in [-0.3, -0.25) is 4.79 Å². The quantitative estimate of drug-likeness (QED) is 0.603. The molecule has 1 unspecified atom stereocenters. The highest BCUT2D eigenvalue weighted by molar-refractivity contribution is 7.91. The second-order valence-corrected chi connectivity index (χ2v) is 9.59. The van der Waals surface area contributed by atoms with Crippen molar-refractivity contribution >= 4 is 27.1 Å². The fourth-order valence-electron chi connectivity index (χ4n) is 2.90. The van der Waals surface area contributed by atoms with Gasteiger partial charge in [0.15, 0.2) is 9.84 Å². The van der Waals surface area contributed by atoms with Gasteiger partial charge in [-0.1, -0.05) is 24.3 Å². The minimum atomic E-state index is -3.82. The maximum atomic E-state index is 13.6. The van der Waals surface area contributed by atoms with Gasteiger partial charge in [-0.05, 0) is 60.7 Å². The number of sulfone groups is 1. The monoisotopic (exact) mass is 417 g/mol. The van der Waals surface area contributed by atoms with E-state index in [0.717, 1.165) is 11.6 Å². The standard InChI is InChI=1S/C21H20FNO3S2/c1-14-6-3-4-7-17(14)21(24)23-13-20(19-8-5-11-27-19)28(25,26)16-9-10-18(22)15(2)12-16/h3-12,20H,13H2,1-2H3,(H,23,24). The Morgan fingerprint density at radius 1 is 1.07 bits per heavy atom. The Hall–Kier alpha value is -2.51. The molecule has 0 fully saturated rings. The first-order valence-corrected chi connectivity index (χ1v) is 11.1. The number of hydrogen-bond acceptors (Lipinski definition) is 4. The van der Waals surface area contributed by atoms with E-state index in [-0.39, 0.29) is 22.9 Å². The summed E-state index contributed by atoms with van der Waals surface area (Å²) in [5.41, 5.74) is 1.57. The predicted molar refractivity (Wildman–Crippen MR) is 109 cm³/mol. The van der Waals surface area contributed by atoms with Crippen LogP contribution in [-0.4, -0.2) is 20.9 Å². The summed E-state index contributed by atoms with van der Waals surface area (Å²) in [7, 11) is -3.82. The van der Waals surface area contributed by atoms with Crippen LogP contribution < -0.4 is 5.32 Å². The number of aryl methyl sites for hydroxylation is 2. The van der Waals surface area contributed by atoms with Crippen LogP contribution in [0.25, 0.3) is 0 Å². The molecule has 1 amide bonds. The van der Waals surface area contributed by atoms with Gasteiger partial charge in [0.2, 0.25) is 0 Å². The fourth-order valence-corrected chi connectivity index (χ4v) is 5.77. The van der Waals surface area contributed by atoms with E-state index in [4.69, 9.17) is 0 Å². The number of carbonyl (C=O) groups excluding carboxylic acids is 1. The van der Waals surface area contributed by atoms with Gasteiger partial charge in [0, 0.05) is 17.0 Å². The van der Waals surface area contributed by atoms with Crippen molar-refractivity contribution in [1.29, 1.82) is 0 Å². The predicted octanol–water partition coefficient (Wildman–Crippen LogP) is 4.45. The molecule has 0 aliphatic carbocycles. The van der Waals surface area contributed by atoms with E-state index < -0.39 is 20.9 Å². The molecule has 0 aliphatic heterocycles. The normalized spacial score (nSPS) is 12.5. The molecule has 0 saturated heterocycles. The van der Waals surface area contributed by atoms with E-state index in [0.29, 0.717) is 10.4 Å². The molecule has 2 aromatic carbocycles. The lowest BCUT2D eigenvalue weighted by Gasteiger charge is -2.18. The number of thiophene rings is 1. The Balaban J connectivity index is 1.91. The first kappa shape index (κ1) is 20.2. The molecule has 0 spiro atoms. The maximum absolute atomic E-state index is 13.6. The van der Waals surface area contributed by atoms with E-state index in [1.54, 1.807) is 29.6 Å². The maximum Gasteiger partial charge on any atom is 0.251 e. The number of hydrogen-bond donors (Lipinski definition) is 1. The third-order valence-corrected chi connectivity index (χ3v) is 7.75. The molecule has 146 valence electrons. The second-order valence-electron chi connectivity index (χ2n) is 6.49. The molecule has 4 nitrogen and oxygen atoms in total. The van der Waals surface area contributed by atoms with Crippen LogP contribution in [0.2, 0.25) is 0 Å². The Morgan fingerprint density at radius 2 is 1.82 bits per heavy atom. The summed E-state index contributed by atoms with van der Waals surface area (Å²) in [6.45, 7) is 3.27. The van der Waals surface area contributed by atoms with Gasteiger partial charge in [0.1, 0.15) is 11.1 Å². The summed E-state index contributed by atoms with van der Waals surface area (Å²) >= 11 is 1.31. The zero-order valence-corrected chi connectivity index (χ0v) is 17.1. The van der Waals surface area contributed by atoms with Crippen LogP contribution in [0.15, 0.2) is 64.9 Å². The van der Waals surface area contributed by atoms with Crippen LogP contribution >= 0.6 is 11.3 Å². The van der Waals surface area contributed by atoms with Crippen LogP contribution in [0.3, 0.4) is 0 Å². The summed E-state index contributed by atoms with van der Waals surface area (Å²) in [5.74, 6) is -0.787. The van der Waals surface area contributed by atoms with Crippen molar-refractivity contribution in [3.05, 3.63) is 87.4 Å². The minimum Gasteiger partial charge on any atom is -0.350 e. The van der Waals surface area contributed by atoms with E-state index >= 15 is 0 Å². The molecule has 1 heterocycles. The molecular formula is C21H20FNO3S2. The number of amides is 1. The first-order valence-electron chi connectivity index (χ1n) is 8.68. The van der Waals surface area contributed by atoms with Crippen molar-refractivity contribution < 1.29 is 17.6 Å². The van der Waals surface area contributed by atoms with Gasteiger partial charge in [-0.25, -0.2) is 12.8 Å². The largest absolute Gasteiger partial charge is 0.350 e. The minimum absolute atomic E-state index is 0.0370. The molecular weight excluding hydrogens is 397 g/mol. The number of carbonyl (C=O) groups is 1. The highest BCUT2D eigenvalue weighted by atomic mass is 32.2.